The second-order valence-electron chi connectivity index (χ2n) is 9.65. The molecule has 46 heavy (non-hydrogen) atoms. The molecule has 7 N–H and O–H groups in total. The number of ether oxygens (including phenoxy) is 1. The number of carboxylic acids is 4. The number of amides is 1. The monoisotopic (exact) mass is 682 g/mol. The Balaban J connectivity index is 0.000000522. The first-order valence-corrected chi connectivity index (χ1v) is 14.2. The maximum Gasteiger partial charge on any atom is 0.414 e. The summed E-state index contributed by atoms with van der Waals surface area (Å²) in [5.74, 6) is -6.68. The van der Waals surface area contributed by atoms with Gasteiger partial charge in [-0.2, -0.15) is 0 Å². The second kappa shape index (κ2) is 18.4. The molecule has 1 aliphatic rings. The van der Waals surface area contributed by atoms with Crippen LogP contribution in [0.25, 0.3) is 10.9 Å². The predicted molar refractivity (Wildman–Crippen MR) is 166 cm³/mol. The quantitative estimate of drug-likeness (QED) is 0.169. The minimum atomic E-state index is -1.82. The number of aliphatic hydroxyl groups is 1. The Kier molecular flexibility index (Phi) is 15.1. The number of aromatic nitrogens is 1. The fourth-order valence-electron chi connectivity index (χ4n) is 4.24. The molecule has 3 aromatic rings. The predicted octanol–water partition coefficient (Wildman–Crippen LogP) is 2.59. The number of aliphatic carboxylic acids is 4. The van der Waals surface area contributed by atoms with Crippen LogP contribution >= 0.6 is 23.2 Å². The summed E-state index contributed by atoms with van der Waals surface area (Å²) < 4.78 is 5.34. The fraction of sp³-hybridized carbons (Fsp3) is 0.310. The lowest BCUT2D eigenvalue weighted by molar-refractivity contribution is -0.159. The number of nitrogens with zero attached hydrogens (tertiary/aromatic N) is 2. The van der Waals surface area contributed by atoms with Crippen LogP contribution in [-0.4, -0.2) is 105 Å². The Labute approximate surface area is 272 Å². The van der Waals surface area contributed by atoms with E-state index in [4.69, 9.17) is 67.5 Å². The smallest absolute Gasteiger partial charge is 0.414 e. The number of carboxylic acid groups (broad SMARTS) is 4. The normalized spacial score (nSPS) is 13.7. The van der Waals surface area contributed by atoms with E-state index in [1.165, 1.54) is 0 Å². The van der Waals surface area contributed by atoms with Gasteiger partial charge in [0.15, 0.2) is 0 Å². The third-order valence-corrected chi connectivity index (χ3v) is 7.22. The first-order chi connectivity index (χ1) is 21.7. The molecule has 2 aromatic carbocycles. The molecular weight excluding hydrogens is 651 g/mol. The first kappa shape index (κ1) is 37.6. The van der Waals surface area contributed by atoms with Crippen molar-refractivity contribution < 1.29 is 54.2 Å². The molecule has 1 amide bonds. The summed E-state index contributed by atoms with van der Waals surface area (Å²) in [4.78, 5) is 55.3. The Hall–Kier alpha value is -4.54. The molecule has 1 fully saturated rings. The lowest BCUT2D eigenvalue weighted by atomic mass is 10.0. The molecule has 0 saturated carbocycles. The van der Waals surface area contributed by atoms with Crippen molar-refractivity contribution in [1.82, 2.24) is 15.2 Å². The van der Waals surface area contributed by atoms with Crippen molar-refractivity contribution in [3.8, 4) is 5.75 Å². The molecule has 0 radical (unpaired) electrons. The highest BCUT2D eigenvalue weighted by Crippen LogP contribution is 2.28. The van der Waals surface area contributed by atoms with Crippen LogP contribution in [0, 0.1) is 0 Å². The van der Waals surface area contributed by atoms with Crippen molar-refractivity contribution in [3.63, 3.8) is 0 Å². The molecule has 0 bridgehead atoms. The zero-order valence-electron chi connectivity index (χ0n) is 24.4. The van der Waals surface area contributed by atoms with E-state index in [0.717, 1.165) is 48.1 Å². The molecule has 0 unspecified atom stereocenters. The number of fused-ring (bicyclic) bond motifs is 1. The van der Waals surface area contributed by atoms with Gasteiger partial charge in [-0.05, 0) is 74.0 Å². The molecule has 0 aliphatic carbocycles. The molecule has 1 atom stereocenters. The van der Waals surface area contributed by atoms with Gasteiger partial charge in [-0.15, -0.1) is 0 Å². The number of likely N-dealkylation sites (tertiary alicyclic amines) is 1. The Morgan fingerprint density at radius 1 is 0.913 bits per heavy atom. The summed E-state index contributed by atoms with van der Waals surface area (Å²) in [5, 5.41) is 48.4. The number of hydrogen-bond donors (Lipinski definition) is 7. The number of piperidine rings is 1. The number of methoxy groups -OCH3 is 1. The number of β-amino-alcohol motifs (C(OH)–C–C–N with tert-alkyl or cyclic N) is 1. The lowest BCUT2D eigenvalue weighted by Crippen LogP contribution is -2.45. The largest absolute Gasteiger partial charge is 0.497 e. The van der Waals surface area contributed by atoms with Crippen LogP contribution < -0.4 is 15.4 Å². The highest BCUT2D eigenvalue weighted by Gasteiger charge is 2.23. The summed E-state index contributed by atoms with van der Waals surface area (Å²) in [6, 6.07) is 12.8. The summed E-state index contributed by atoms with van der Waals surface area (Å²) in [6.07, 6.45) is 2.90. The van der Waals surface area contributed by atoms with E-state index in [9.17, 15) is 9.90 Å². The lowest BCUT2D eigenvalue weighted by Gasteiger charge is -2.33. The first-order valence-electron chi connectivity index (χ1n) is 13.5. The van der Waals surface area contributed by atoms with Gasteiger partial charge in [0.2, 0.25) is 5.91 Å². The van der Waals surface area contributed by atoms with Crippen molar-refractivity contribution in [2.45, 2.75) is 25.0 Å². The van der Waals surface area contributed by atoms with Crippen LogP contribution in [0.2, 0.25) is 10.0 Å². The summed E-state index contributed by atoms with van der Waals surface area (Å²) in [6.45, 7) is 2.45. The minimum absolute atomic E-state index is 0.128. The molecule has 1 aliphatic heterocycles. The zero-order valence-corrected chi connectivity index (χ0v) is 25.9. The number of rotatable bonds is 8. The number of pyridine rings is 1. The zero-order chi connectivity index (χ0) is 34.4. The maximum atomic E-state index is 12.3. The van der Waals surface area contributed by atoms with Crippen LogP contribution in [0.1, 0.15) is 24.5 Å². The van der Waals surface area contributed by atoms with Gasteiger partial charge < -0.3 is 45.8 Å². The molecular formula is C29H32Cl2N4O11. The van der Waals surface area contributed by atoms with Crippen LogP contribution in [0.5, 0.6) is 5.75 Å². The third kappa shape index (κ3) is 12.5. The van der Waals surface area contributed by atoms with E-state index < -0.39 is 30.0 Å². The van der Waals surface area contributed by atoms with Crippen LogP contribution in [0.15, 0.2) is 48.7 Å². The number of nitrogens with one attached hydrogen (secondary N) is 2. The standard InChI is InChI=1S/C25H28Cl2N4O3.2C2H2O4/c1-34-18-3-5-23-20(13-18)19(6-9-28-23)24(32)15-31-10-7-16(8-11-31)29-14-25(33)30-17-2-4-21(26)22(27)12-17;2*3-1(4)2(5)6/h2-6,9,12-13,16,24,29,32H,7-8,10-11,14-15H2,1H3,(H,30,33);2*(H,3,4)(H,5,6)/t24-;;/m0../s1. The summed E-state index contributed by atoms with van der Waals surface area (Å²) >= 11 is 11.9. The molecule has 15 nitrogen and oxygen atoms in total. The topological polar surface area (TPSA) is 236 Å². The molecule has 248 valence electrons. The van der Waals surface area contributed by atoms with E-state index in [0.29, 0.717) is 22.3 Å². The number of carbonyl (C=O) groups is 5. The molecule has 0 spiro atoms. The maximum absolute atomic E-state index is 12.3. The SMILES string of the molecule is COc1ccc2nccc([C@@H](O)CN3CCC(NCC(=O)Nc4ccc(Cl)c(Cl)c4)CC3)c2c1.O=C(O)C(=O)O.O=C(O)C(=O)O. The van der Waals surface area contributed by atoms with Crippen molar-refractivity contribution in [2.75, 3.05) is 38.6 Å². The Morgan fingerprint density at radius 3 is 2.07 bits per heavy atom. The molecule has 1 saturated heterocycles. The van der Waals surface area contributed by atoms with Crippen LogP contribution in [0.3, 0.4) is 0 Å². The van der Waals surface area contributed by atoms with E-state index in [1.807, 2.05) is 24.3 Å². The van der Waals surface area contributed by atoms with Crippen molar-refractivity contribution >= 4 is 69.6 Å². The van der Waals surface area contributed by atoms with Gasteiger partial charge in [0.25, 0.3) is 0 Å². The van der Waals surface area contributed by atoms with Crippen LogP contribution in [-0.2, 0) is 24.0 Å². The fourth-order valence-corrected chi connectivity index (χ4v) is 4.54. The van der Waals surface area contributed by atoms with Gasteiger partial charge in [-0.3, -0.25) is 9.78 Å². The van der Waals surface area contributed by atoms with Crippen molar-refractivity contribution in [3.05, 3.63) is 64.3 Å². The van der Waals surface area contributed by atoms with Crippen molar-refractivity contribution in [1.29, 1.82) is 0 Å². The Morgan fingerprint density at radius 2 is 1.52 bits per heavy atom. The number of hydrogen-bond acceptors (Lipinski definition) is 10. The van der Waals surface area contributed by atoms with E-state index >= 15 is 0 Å². The average molecular weight is 683 g/mol. The van der Waals surface area contributed by atoms with E-state index in [1.54, 1.807) is 31.5 Å². The number of halogens is 2. The molecule has 4 rings (SSSR count). The molecule has 2 heterocycles. The molecule has 1 aromatic heterocycles. The van der Waals surface area contributed by atoms with Gasteiger partial charge >= 0.3 is 23.9 Å². The van der Waals surface area contributed by atoms with Gasteiger partial charge in [0, 0.05) is 29.9 Å². The number of anilines is 1. The Bertz CT molecular complexity index is 1500. The van der Waals surface area contributed by atoms with Gasteiger partial charge in [0.1, 0.15) is 5.75 Å². The highest BCUT2D eigenvalue weighted by atomic mass is 35.5. The van der Waals surface area contributed by atoms with Crippen molar-refractivity contribution in [2.24, 2.45) is 0 Å². The summed E-state index contributed by atoms with van der Waals surface area (Å²) in [7, 11) is 1.63. The van der Waals surface area contributed by atoms with Crippen LogP contribution in [0.4, 0.5) is 5.69 Å². The van der Waals surface area contributed by atoms with E-state index in [2.05, 4.69) is 20.5 Å². The minimum Gasteiger partial charge on any atom is -0.497 e. The third-order valence-electron chi connectivity index (χ3n) is 6.48. The number of benzene rings is 2. The van der Waals surface area contributed by atoms with Gasteiger partial charge in [-0.1, -0.05) is 23.2 Å². The van der Waals surface area contributed by atoms with Gasteiger partial charge in [0.05, 0.1) is 35.3 Å². The number of carbonyl (C=O) groups excluding carboxylic acids is 1. The molecule has 17 heteroatoms. The number of aliphatic hydroxyl groups excluding tert-OH is 1. The average Bonchev–Trinajstić information content (AvgIpc) is 3.02. The van der Waals surface area contributed by atoms with E-state index in [-0.39, 0.29) is 18.5 Å². The highest BCUT2D eigenvalue weighted by molar-refractivity contribution is 6.42. The summed E-state index contributed by atoms with van der Waals surface area (Å²) in [5.41, 5.74) is 2.30. The van der Waals surface area contributed by atoms with Gasteiger partial charge in [-0.25, -0.2) is 19.2 Å². The second-order valence-corrected chi connectivity index (χ2v) is 10.5.